The molecule has 1 aromatic heterocycles. The lowest BCUT2D eigenvalue weighted by Gasteiger charge is -2.39. The highest BCUT2D eigenvalue weighted by atomic mass is 79.9. The Morgan fingerprint density at radius 3 is 2.75 bits per heavy atom. The summed E-state index contributed by atoms with van der Waals surface area (Å²) in [6.45, 7) is 3.70. The van der Waals surface area contributed by atoms with Crippen molar-refractivity contribution < 1.29 is 9.59 Å². The molecule has 3 rings (SSSR count). The Morgan fingerprint density at radius 1 is 1.36 bits per heavy atom. The molecule has 0 saturated heterocycles. The van der Waals surface area contributed by atoms with Crippen molar-refractivity contribution in [3.8, 4) is 0 Å². The first kappa shape index (κ1) is 20.0. The van der Waals surface area contributed by atoms with Crippen LogP contribution in [0.1, 0.15) is 36.3 Å². The minimum absolute atomic E-state index is 0.133. The molecule has 0 aliphatic carbocycles. The zero-order valence-electron chi connectivity index (χ0n) is 15.9. The summed E-state index contributed by atoms with van der Waals surface area (Å²) in [6.07, 6.45) is 2.26. The fourth-order valence-corrected chi connectivity index (χ4v) is 3.57. The van der Waals surface area contributed by atoms with Crippen molar-refractivity contribution in [2.24, 2.45) is 10.7 Å². The lowest BCUT2D eigenvalue weighted by Crippen LogP contribution is -2.56. The number of amidine groups is 1. The molecule has 0 saturated carbocycles. The topological polar surface area (TPSA) is 101 Å². The number of carbonyl (C=O) groups excluding carboxylic acids is 2. The summed E-state index contributed by atoms with van der Waals surface area (Å²) >= 11 is 3.29. The Kier molecular flexibility index (Phi) is 5.51. The summed E-state index contributed by atoms with van der Waals surface area (Å²) in [5.41, 5.74) is 6.50. The van der Waals surface area contributed by atoms with Crippen LogP contribution in [0.15, 0.2) is 52.1 Å². The Bertz CT molecular complexity index is 944. The van der Waals surface area contributed by atoms with Crippen LogP contribution in [-0.2, 0) is 10.3 Å². The van der Waals surface area contributed by atoms with Gasteiger partial charge in [-0.25, -0.2) is 9.98 Å². The molecule has 1 aromatic carbocycles. The third kappa shape index (κ3) is 3.64. The fourth-order valence-electron chi connectivity index (χ4n) is 3.34. The molecule has 0 fully saturated rings. The van der Waals surface area contributed by atoms with Crippen LogP contribution in [-0.4, -0.2) is 40.6 Å². The molecule has 8 heteroatoms. The summed E-state index contributed by atoms with van der Waals surface area (Å²) in [6, 6.07) is 10.2. The molecule has 1 aliphatic rings. The molecule has 2 atom stereocenters. The highest BCUT2D eigenvalue weighted by Crippen LogP contribution is 2.33. The molecule has 2 heterocycles. The molecule has 3 N–H and O–H groups in total. The van der Waals surface area contributed by atoms with E-state index in [9.17, 15) is 9.59 Å². The van der Waals surface area contributed by atoms with Gasteiger partial charge in [0.15, 0.2) is 5.54 Å². The second-order valence-corrected chi connectivity index (χ2v) is 7.76. The number of hydrogen-bond acceptors (Lipinski definition) is 5. The number of hydrogen-bond donors (Lipinski definition) is 2. The van der Waals surface area contributed by atoms with Gasteiger partial charge in [-0.2, -0.15) is 0 Å². The van der Waals surface area contributed by atoms with Gasteiger partial charge in [0.05, 0.1) is 6.04 Å². The average Bonchev–Trinajstić information content (AvgIpc) is 2.67. The predicted octanol–water partition coefficient (Wildman–Crippen LogP) is 2.92. The summed E-state index contributed by atoms with van der Waals surface area (Å²) < 4.78 is 0.791. The van der Waals surface area contributed by atoms with Crippen LogP contribution in [0.5, 0.6) is 0 Å². The van der Waals surface area contributed by atoms with E-state index in [0.717, 1.165) is 4.47 Å². The maximum absolute atomic E-state index is 13.0. The third-order valence-corrected chi connectivity index (χ3v) is 5.40. The zero-order valence-corrected chi connectivity index (χ0v) is 17.5. The smallest absolute Gasteiger partial charge is 0.274 e. The third-order valence-electron chi connectivity index (χ3n) is 4.93. The molecule has 1 aliphatic heterocycles. The quantitative estimate of drug-likeness (QED) is 0.757. The molecule has 0 spiro atoms. The van der Waals surface area contributed by atoms with Gasteiger partial charge in [0.25, 0.3) is 11.8 Å². The number of amides is 2. The number of nitrogens with zero attached hydrogens (tertiary/aromatic N) is 3. The van der Waals surface area contributed by atoms with E-state index >= 15 is 0 Å². The van der Waals surface area contributed by atoms with Crippen LogP contribution in [0.3, 0.4) is 0 Å². The number of pyridine rings is 1. The minimum Gasteiger partial charge on any atom is -0.386 e. The molecule has 0 radical (unpaired) electrons. The van der Waals surface area contributed by atoms with Gasteiger partial charge in [-0.15, -0.1) is 0 Å². The van der Waals surface area contributed by atoms with Crippen molar-refractivity contribution in [1.29, 1.82) is 0 Å². The highest BCUT2D eigenvalue weighted by Gasteiger charge is 2.44. The lowest BCUT2D eigenvalue weighted by molar-refractivity contribution is -0.137. The number of rotatable bonds is 4. The van der Waals surface area contributed by atoms with Gasteiger partial charge < -0.3 is 16.0 Å². The second kappa shape index (κ2) is 7.71. The van der Waals surface area contributed by atoms with Crippen molar-refractivity contribution in [3.05, 3.63) is 58.3 Å². The zero-order chi connectivity index (χ0) is 20.5. The van der Waals surface area contributed by atoms with Gasteiger partial charge in [0, 0.05) is 23.4 Å². The van der Waals surface area contributed by atoms with Gasteiger partial charge >= 0.3 is 0 Å². The van der Waals surface area contributed by atoms with Crippen LogP contribution in [0.25, 0.3) is 0 Å². The van der Waals surface area contributed by atoms with Crippen LogP contribution in [0.2, 0.25) is 0 Å². The number of likely N-dealkylation sites (N-methyl/N-ethyl adjacent to an activating group) is 1. The normalized spacial score (nSPS) is 22.0. The van der Waals surface area contributed by atoms with E-state index in [0.29, 0.717) is 29.2 Å². The molecular formula is C20H22BrN5O2. The molecule has 7 nitrogen and oxygen atoms in total. The van der Waals surface area contributed by atoms with Gasteiger partial charge in [0.2, 0.25) is 0 Å². The largest absolute Gasteiger partial charge is 0.386 e. The van der Waals surface area contributed by atoms with Crippen LogP contribution in [0, 0.1) is 0 Å². The molecule has 2 aromatic rings. The molecule has 2 amide bonds. The number of nitrogens with two attached hydrogens (primary N) is 1. The van der Waals surface area contributed by atoms with E-state index < -0.39 is 5.54 Å². The first-order valence-corrected chi connectivity index (χ1v) is 9.71. The molecule has 146 valence electrons. The Balaban J connectivity index is 1.90. The van der Waals surface area contributed by atoms with Crippen LogP contribution in [0.4, 0.5) is 5.69 Å². The van der Waals surface area contributed by atoms with Gasteiger partial charge in [-0.3, -0.25) is 9.59 Å². The lowest BCUT2D eigenvalue weighted by atomic mass is 9.88. The Labute approximate surface area is 172 Å². The van der Waals surface area contributed by atoms with Crippen molar-refractivity contribution in [1.82, 2.24) is 9.88 Å². The number of aliphatic imine (C=N–C) groups is 1. The first-order chi connectivity index (χ1) is 13.3. The summed E-state index contributed by atoms with van der Waals surface area (Å²) in [7, 11) is 1.74. The highest BCUT2D eigenvalue weighted by molar-refractivity contribution is 9.10. The van der Waals surface area contributed by atoms with Gasteiger partial charge in [-0.1, -0.05) is 19.1 Å². The molecule has 2 unspecified atom stereocenters. The van der Waals surface area contributed by atoms with Gasteiger partial charge in [0.1, 0.15) is 11.5 Å². The predicted molar refractivity (Wildman–Crippen MR) is 112 cm³/mol. The van der Waals surface area contributed by atoms with Crippen molar-refractivity contribution in [2.75, 3.05) is 12.4 Å². The molecule has 28 heavy (non-hydrogen) atoms. The van der Waals surface area contributed by atoms with Crippen molar-refractivity contribution in [3.63, 3.8) is 0 Å². The van der Waals surface area contributed by atoms with Crippen LogP contribution >= 0.6 is 15.9 Å². The van der Waals surface area contributed by atoms with Crippen molar-refractivity contribution >= 4 is 39.3 Å². The van der Waals surface area contributed by atoms with E-state index in [1.165, 1.54) is 0 Å². The van der Waals surface area contributed by atoms with E-state index in [2.05, 4.69) is 31.2 Å². The number of benzene rings is 1. The summed E-state index contributed by atoms with van der Waals surface area (Å²) in [5, 5.41) is 2.81. The van der Waals surface area contributed by atoms with Gasteiger partial charge in [-0.05, 0) is 59.1 Å². The number of halogens is 1. The fraction of sp³-hybridized carbons (Fsp3) is 0.300. The Morgan fingerprint density at radius 2 is 2.11 bits per heavy atom. The van der Waals surface area contributed by atoms with E-state index in [4.69, 9.17) is 5.73 Å². The number of nitrogens with one attached hydrogen (secondary N) is 1. The Hall–Kier alpha value is -2.74. The molecular weight excluding hydrogens is 422 g/mol. The maximum Gasteiger partial charge on any atom is 0.274 e. The molecule has 0 bridgehead atoms. The average molecular weight is 444 g/mol. The second-order valence-electron chi connectivity index (χ2n) is 6.85. The van der Waals surface area contributed by atoms with Crippen LogP contribution < -0.4 is 11.1 Å². The number of anilines is 1. The standard InChI is InChI=1S/C20H22BrN5O2/c1-4-16-17(22)25-20(2,19(28)26(16)3)12-6-5-7-14(10-12)24-18(27)15-9-8-13(21)11-23-15/h5-11,16H,4H2,1-3H3,(H2,22,25)(H,24,27). The van der Waals surface area contributed by atoms with E-state index in [1.54, 1.807) is 55.4 Å². The SMILES string of the molecule is CCC1C(N)=NC(C)(c2cccc(NC(=O)c3ccc(Br)cn3)c2)C(=O)N1C. The van der Waals surface area contributed by atoms with E-state index in [1.807, 2.05) is 13.0 Å². The monoisotopic (exact) mass is 443 g/mol. The minimum atomic E-state index is -1.14. The van der Waals surface area contributed by atoms with Crippen molar-refractivity contribution in [2.45, 2.75) is 31.8 Å². The summed E-state index contributed by atoms with van der Waals surface area (Å²) in [5.74, 6) is -0.0387. The summed E-state index contributed by atoms with van der Waals surface area (Å²) in [4.78, 5) is 35.7. The first-order valence-electron chi connectivity index (χ1n) is 8.92. The number of carbonyl (C=O) groups is 2. The maximum atomic E-state index is 13.0. The van der Waals surface area contributed by atoms with E-state index in [-0.39, 0.29) is 17.9 Å². The number of aromatic nitrogens is 1.